The Balaban J connectivity index is 2.14. The Bertz CT molecular complexity index is 771. The minimum Gasteiger partial charge on any atom is -0.508 e. The quantitative estimate of drug-likeness (QED) is 0.588. The molecule has 0 aliphatic carbocycles. The van der Waals surface area contributed by atoms with E-state index in [0.29, 0.717) is 5.69 Å². The predicted molar refractivity (Wildman–Crippen MR) is 72.6 cm³/mol. The molecule has 0 fully saturated rings. The van der Waals surface area contributed by atoms with Crippen LogP contribution in [0.1, 0.15) is 0 Å². The Hall–Kier alpha value is -2.65. The third-order valence-corrected chi connectivity index (χ3v) is 2.67. The number of rotatable bonds is 4. The van der Waals surface area contributed by atoms with Crippen LogP contribution in [0.15, 0.2) is 52.7 Å². The molecule has 0 spiro atoms. The maximum absolute atomic E-state index is 10.5. The van der Waals surface area contributed by atoms with Crippen LogP contribution in [0.5, 0.6) is 17.2 Å². The molecule has 0 radical (unpaired) electrons. The zero-order chi connectivity index (χ0) is 15.5. The molecule has 0 atom stereocenters. The number of phenols is 2. The number of nitrogens with zero attached hydrogens (tertiary/aromatic N) is 2. The molecule has 0 heterocycles. The molecular weight excluding hydrogens is 300 g/mol. The summed E-state index contributed by atoms with van der Waals surface area (Å²) in [5.74, 6) is -0.410. The van der Waals surface area contributed by atoms with Gasteiger partial charge in [-0.15, -0.1) is 5.11 Å². The summed E-state index contributed by atoms with van der Waals surface area (Å²) in [6.07, 6.45) is 0. The van der Waals surface area contributed by atoms with Crippen LogP contribution in [0.3, 0.4) is 0 Å². The van der Waals surface area contributed by atoms with Crippen molar-refractivity contribution in [3.63, 3.8) is 0 Å². The highest BCUT2D eigenvalue weighted by atomic mass is 32.3. The molecule has 0 saturated carbocycles. The maximum Gasteiger partial charge on any atom is 0.446 e. The summed E-state index contributed by atoms with van der Waals surface area (Å²) in [6.45, 7) is 0. The van der Waals surface area contributed by atoms with Crippen molar-refractivity contribution in [3.8, 4) is 17.2 Å². The summed E-state index contributed by atoms with van der Waals surface area (Å²) in [4.78, 5) is 0. The zero-order valence-electron chi connectivity index (χ0n) is 10.4. The smallest absolute Gasteiger partial charge is 0.446 e. The van der Waals surface area contributed by atoms with Crippen LogP contribution in [-0.4, -0.2) is 23.2 Å². The van der Waals surface area contributed by atoms with Crippen molar-refractivity contribution in [1.29, 1.82) is 0 Å². The predicted octanol–water partition coefficient (Wildman–Crippen LogP) is 2.69. The van der Waals surface area contributed by atoms with Crippen molar-refractivity contribution < 1.29 is 27.4 Å². The van der Waals surface area contributed by atoms with Gasteiger partial charge in [-0.3, -0.25) is 4.55 Å². The van der Waals surface area contributed by atoms with Crippen molar-refractivity contribution in [3.05, 3.63) is 42.5 Å². The summed E-state index contributed by atoms with van der Waals surface area (Å²) in [5.41, 5.74) is 0.524. The Morgan fingerprint density at radius 1 is 0.952 bits per heavy atom. The van der Waals surface area contributed by atoms with E-state index in [2.05, 4.69) is 14.4 Å². The first-order valence-corrected chi connectivity index (χ1v) is 6.91. The standard InChI is InChI=1S/C12H10N2O6S/c15-9-3-6-11(12(16)7-9)14-13-8-1-4-10(5-2-8)20-21(17,18)19/h1-7,15-16H,(H,17,18,19). The fourth-order valence-electron chi connectivity index (χ4n) is 1.40. The lowest BCUT2D eigenvalue weighted by atomic mass is 10.3. The van der Waals surface area contributed by atoms with Gasteiger partial charge in [0.15, 0.2) is 0 Å². The highest BCUT2D eigenvalue weighted by molar-refractivity contribution is 7.81. The number of azo groups is 1. The SMILES string of the molecule is O=S(=O)(O)Oc1ccc(N=Nc2ccc(O)cc2O)cc1. The second-order valence-corrected chi connectivity index (χ2v) is 4.90. The molecule has 8 nitrogen and oxygen atoms in total. The third-order valence-electron chi connectivity index (χ3n) is 2.27. The van der Waals surface area contributed by atoms with E-state index < -0.39 is 10.4 Å². The first-order chi connectivity index (χ1) is 9.83. The molecule has 2 aromatic rings. The normalized spacial score (nSPS) is 11.7. The summed E-state index contributed by atoms with van der Waals surface area (Å²) in [7, 11) is -4.57. The van der Waals surface area contributed by atoms with Gasteiger partial charge in [0, 0.05) is 6.07 Å². The number of hydrogen-bond acceptors (Lipinski definition) is 7. The Kier molecular flexibility index (Phi) is 4.05. The Morgan fingerprint density at radius 2 is 1.62 bits per heavy atom. The van der Waals surface area contributed by atoms with Gasteiger partial charge in [0.1, 0.15) is 22.9 Å². The molecule has 21 heavy (non-hydrogen) atoms. The van der Waals surface area contributed by atoms with Gasteiger partial charge < -0.3 is 14.4 Å². The topological polar surface area (TPSA) is 129 Å². The van der Waals surface area contributed by atoms with Gasteiger partial charge in [-0.2, -0.15) is 13.5 Å². The lowest BCUT2D eigenvalue weighted by Gasteiger charge is -2.01. The van der Waals surface area contributed by atoms with E-state index in [1.165, 1.54) is 36.4 Å². The first-order valence-electron chi connectivity index (χ1n) is 5.54. The molecule has 0 saturated heterocycles. The molecule has 0 unspecified atom stereocenters. The summed E-state index contributed by atoms with van der Waals surface area (Å²) < 4.78 is 33.8. The van der Waals surface area contributed by atoms with Gasteiger partial charge in [0.25, 0.3) is 0 Å². The number of aromatic hydroxyl groups is 2. The van der Waals surface area contributed by atoms with E-state index >= 15 is 0 Å². The molecule has 0 bridgehead atoms. The molecule has 2 rings (SSSR count). The second-order valence-electron chi connectivity index (χ2n) is 3.88. The van der Waals surface area contributed by atoms with Gasteiger partial charge in [-0.05, 0) is 36.4 Å². The number of phenolic OH excluding ortho intramolecular Hbond substituents is 2. The van der Waals surface area contributed by atoms with Gasteiger partial charge in [0.2, 0.25) is 0 Å². The van der Waals surface area contributed by atoms with Gasteiger partial charge >= 0.3 is 10.4 Å². The Labute approximate surface area is 119 Å². The van der Waals surface area contributed by atoms with E-state index in [9.17, 15) is 13.5 Å². The fraction of sp³-hybridized carbons (Fsp3) is 0. The van der Waals surface area contributed by atoms with E-state index in [4.69, 9.17) is 9.66 Å². The van der Waals surface area contributed by atoms with E-state index in [1.807, 2.05) is 0 Å². The fourth-order valence-corrected chi connectivity index (χ4v) is 1.75. The molecule has 3 N–H and O–H groups in total. The van der Waals surface area contributed by atoms with Crippen LogP contribution in [0.25, 0.3) is 0 Å². The van der Waals surface area contributed by atoms with E-state index in [0.717, 1.165) is 6.07 Å². The Morgan fingerprint density at radius 3 is 2.19 bits per heavy atom. The molecule has 0 aromatic heterocycles. The average molecular weight is 310 g/mol. The zero-order valence-corrected chi connectivity index (χ0v) is 11.2. The van der Waals surface area contributed by atoms with Gasteiger partial charge in [-0.25, -0.2) is 0 Å². The van der Waals surface area contributed by atoms with Gasteiger partial charge in [-0.1, -0.05) is 0 Å². The highest BCUT2D eigenvalue weighted by Gasteiger charge is 2.06. The first kappa shape index (κ1) is 14.8. The third kappa shape index (κ3) is 4.44. The second kappa shape index (κ2) is 5.77. The van der Waals surface area contributed by atoms with Crippen molar-refractivity contribution in [2.75, 3.05) is 0 Å². The van der Waals surface area contributed by atoms with Crippen LogP contribution in [0.4, 0.5) is 11.4 Å². The molecule has 2 aromatic carbocycles. The number of benzene rings is 2. The highest BCUT2D eigenvalue weighted by Crippen LogP contribution is 2.31. The van der Waals surface area contributed by atoms with Crippen molar-refractivity contribution in [2.24, 2.45) is 10.2 Å². The average Bonchev–Trinajstić information content (AvgIpc) is 2.38. The molecular formula is C12H10N2O6S. The van der Waals surface area contributed by atoms with Crippen molar-refractivity contribution in [2.45, 2.75) is 0 Å². The summed E-state index contributed by atoms with van der Waals surface area (Å²) in [5, 5.41) is 26.2. The monoisotopic (exact) mass is 310 g/mol. The van der Waals surface area contributed by atoms with Crippen LogP contribution in [0, 0.1) is 0 Å². The lowest BCUT2D eigenvalue weighted by Crippen LogP contribution is -2.06. The van der Waals surface area contributed by atoms with Gasteiger partial charge in [0.05, 0.1) is 5.69 Å². The van der Waals surface area contributed by atoms with Crippen LogP contribution < -0.4 is 4.18 Å². The lowest BCUT2D eigenvalue weighted by molar-refractivity contribution is 0.387. The molecule has 0 amide bonds. The van der Waals surface area contributed by atoms with Crippen LogP contribution in [-0.2, 0) is 10.4 Å². The molecule has 110 valence electrons. The summed E-state index contributed by atoms with van der Waals surface area (Å²) >= 11 is 0. The molecule has 0 aliphatic rings. The van der Waals surface area contributed by atoms with Crippen LogP contribution in [0.2, 0.25) is 0 Å². The van der Waals surface area contributed by atoms with Crippen molar-refractivity contribution >= 4 is 21.8 Å². The molecule has 0 aliphatic heterocycles. The molecule has 9 heteroatoms. The van der Waals surface area contributed by atoms with Crippen LogP contribution >= 0.6 is 0 Å². The largest absolute Gasteiger partial charge is 0.508 e. The summed E-state index contributed by atoms with van der Waals surface area (Å²) in [6, 6.07) is 9.21. The van der Waals surface area contributed by atoms with E-state index in [1.54, 1.807) is 0 Å². The number of hydrogen-bond donors (Lipinski definition) is 3. The minimum atomic E-state index is -4.57. The van der Waals surface area contributed by atoms with E-state index in [-0.39, 0.29) is 22.9 Å². The maximum atomic E-state index is 10.5. The minimum absolute atomic E-state index is 0.0797. The van der Waals surface area contributed by atoms with Crippen molar-refractivity contribution in [1.82, 2.24) is 0 Å².